The predicted octanol–water partition coefficient (Wildman–Crippen LogP) is 3.68. The second-order valence-corrected chi connectivity index (χ2v) is 11.0. The van der Waals surface area contributed by atoms with E-state index in [2.05, 4.69) is 31.4 Å². The zero-order valence-corrected chi connectivity index (χ0v) is 20.8. The van der Waals surface area contributed by atoms with E-state index in [0.29, 0.717) is 31.6 Å². The molecule has 4 atom stereocenters. The Hall–Kier alpha value is -3.13. The molecule has 35 heavy (non-hydrogen) atoms. The quantitative estimate of drug-likeness (QED) is 0.580. The Bertz CT molecular complexity index is 1090. The lowest BCUT2D eigenvalue weighted by molar-refractivity contribution is -0.158. The average molecular weight is 482 g/mol. The number of hydrogen-bond acceptors (Lipinski definition) is 5. The minimum Gasteiger partial charge on any atom is -0.481 e. The summed E-state index contributed by atoms with van der Waals surface area (Å²) in [5, 5.41) is 16.5. The number of carbonyl (C=O) groups is 3. The second-order valence-electron chi connectivity index (χ2n) is 11.0. The van der Waals surface area contributed by atoms with Crippen molar-refractivity contribution in [2.75, 3.05) is 6.54 Å². The van der Waals surface area contributed by atoms with Gasteiger partial charge in [-0.3, -0.25) is 14.4 Å². The summed E-state index contributed by atoms with van der Waals surface area (Å²) in [5.41, 5.74) is -0.331. The highest BCUT2D eigenvalue weighted by molar-refractivity contribution is 5.96. The van der Waals surface area contributed by atoms with Crippen molar-refractivity contribution in [3.8, 4) is 11.3 Å². The van der Waals surface area contributed by atoms with Crippen LogP contribution in [0, 0.1) is 5.41 Å². The highest BCUT2D eigenvalue weighted by Gasteiger charge is 2.52. The number of benzene rings is 1. The van der Waals surface area contributed by atoms with Gasteiger partial charge in [0, 0.05) is 29.7 Å². The van der Waals surface area contributed by atoms with Crippen LogP contribution in [0.2, 0.25) is 0 Å². The van der Waals surface area contributed by atoms with Gasteiger partial charge in [0.1, 0.15) is 11.8 Å². The van der Waals surface area contributed by atoms with Crippen LogP contribution in [0.15, 0.2) is 46.9 Å². The molecule has 1 saturated heterocycles. The van der Waals surface area contributed by atoms with Crippen molar-refractivity contribution < 1.29 is 23.9 Å². The number of carboxylic acid groups (broad SMARTS) is 1. The van der Waals surface area contributed by atoms with Crippen molar-refractivity contribution in [1.82, 2.24) is 15.5 Å². The molecule has 2 aromatic rings. The summed E-state index contributed by atoms with van der Waals surface area (Å²) in [6.45, 7) is 8.36. The first-order valence-corrected chi connectivity index (χ1v) is 12.3. The monoisotopic (exact) mass is 481 g/mol. The molecule has 2 heterocycles. The summed E-state index contributed by atoms with van der Waals surface area (Å²) in [7, 11) is 0. The van der Waals surface area contributed by atoms with E-state index < -0.39 is 29.4 Å². The van der Waals surface area contributed by atoms with Crippen LogP contribution in [0.5, 0.6) is 0 Å². The molecule has 2 amide bonds. The predicted molar refractivity (Wildman–Crippen MR) is 132 cm³/mol. The van der Waals surface area contributed by atoms with E-state index in [1.807, 2.05) is 30.3 Å². The Morgan fingerprint density at radius 3 is 2.46 bits per heavy atom. The highest BCUT2D eigenvalue weighted by atomic mass is 16.4. The van der Waals surface area contributed by atoms with Gasteiger partial charge in [0.05, 0.1) is 5.41 Å². The van der Waals surface area contributed by atoms with E-state index in [1.54, 1.807) is 24.0 Å². The van der Waals surface area contributed by atoms with Crippen molar-refractivity contribution >= 4 is 17.8 Å². The summed E-state index contributed by atoms with van der Waals surface area (Å²) >= 11 is 0. The molecule has 0 bridgehead atoms. The third-order valence-electron chi connectivity index (χ3n) is 7.13. The summed E-state index contributed by atoms with van der Waals surface area (Å²) in [6.07, 6.45) is 2.27. The zero-order valence-electron chi connectivity index (χ0n) is 20.8. The van der Waals surface area contributed by atoms with Gasteiger partial charge in [0.2, 0.25) is 5.91 Å². The first-order chi connectivity index (χ1) is 16.5. The van der Waals surface area contributed by atoms with E-state index in [-0.39, 0.29) is 23.2 Å². The van der Waals surface area contributed by atoms with Crippen LogP contribution in [0.25, 0.3) is 11.3 Å². The average Bonchev–Trinajstić information content (AvgIpc) is 3.41. The lowest BCUT2D eigenvalue weighted by atomic mass is 9.68. The molecule has 1 aliphatic heterocycles. The molecule has 0 spiro atoms. The standard InChI is InChI=1S/C27H35N3O5/c1-26(2,3)29-18-10-13-22(27(4,16-18)25(33)34)30-15-14-19(24(30)32)28-23(31)21-12-11-20(35-21)17-8-6-5-7-9-17/h5-9,11-12,18-19,22,29H,10,13-16H2,1-4H3,(H,28,31)(H,33,34)/t18?,19-,22?,27?/m0/s1. The first-order valence-electron chi connectivity index (χ1n) is 12.3. The molecule has 1 aromatic heterocycles. The van der Waals surface area contributed by atoms with Gasteiger partial charge >= 0.3 is 5.97 Å². The van der Waals surface area contributed by atoms with Gasteiger partial charge in [-0.1, -0.05) is 30.3 Å². The topological polar surface area (TPSA) is 112 Å². The maximum atomic E-state index is 13.3. The van der Waals surface area contributed by atoms with Crippen molar-refractivity contribution in [2.45, 2.75) is 77.0 Å². The van der Waals surface area contributed by atoms with Crippen molar-refractivity contribution in [3.63, 3.8) is 0 Å². The zero-order chi connectivity index (χ0) is 25.4. The molecular formula is C27H35N3O5. The molecule has 3 unspecified atom stereocenters. The van der Waals surface area contributed by atoms with Crippen molar-refractivity contribution in [1.29, 1.82) is 0 Å². The van der Waals surface area contributed by atoms with E-state index in [1.165, 1.54) is 0 Å². The summed E-state index contributed by atoms with van der Waals surface area (Å²) < 4.78 is 5.71. The van der Waals surface area contributed by atoms with Crippen molar-refractivity contribution in [3.05, 3.63) is 48.2 Å². The minimum absolute atomic E-state index is 0.0679. The largest absolute Gasteiger partial charge is 0.481 e. The number of nitrogens with one attached hydrogen (secondary N) is 2. The molecule has 8 nitrogen and oxygen atoms in total. The summed E-state index contributed by atoms with van der Waals surface area (Å²) in [5.74, 6) is -0.862. The number of aliphatic carboxylic acids is 1. The fourth-order valence-corrected chi connectivity index (χ4v) is 5.48. The van der Waals surface area contributed by atoms with Crippen LogP contribution < -0.4 is 10.6 Å². The molecule has 1 aromatic carbocycles. The lowest BCUT2D eigenvalue weighted by Gasteiger charge is -2.47. The highest BCUT2D eigenvalue weighted by Crippen LogP contribution is 2.41. The van der Waals surface area contributed by atoms with Crippen LogP contribution in [0.1, 0.15) is 63.9 Å². The van der Waals surface area contributed by atoms with Crippen LogP contribution in [-0.4, -0.2) is 58.0 Å². The SMILES string of the molecule is CC(C)(C)NC1CCC(N2CC[C@H](NC(=O)c3ccc(-c4ccccc4)o3)C2=O)C(C)(C(=O)O)C1. The van der Waals surface area contributed by atoms with E-state index in [0.717, 1.165) is 12.0 Å². The van der Waals surface area contributed by atoms with E-state index >= 15 is 0 Å². The number of carbonyl (C=O) groups excluding carboxylic acids is 2. The van der Waals surface area contributed by atoms with Gasteiger partial charge in [0.15, 0.2) is 5.76 Å². The Morgan fingerprint density at radius 2 is 1.80 bits per heavy atom. The van der Waals surface area contributed by atoms with Crippen molar-refractivity contribution in [2.24, 2.45) is 5.41 Å². The molecule has 1 saturated carbocycles. The van der Waals surface area contributed by atoms with Crippen LogP contribution >= 0.6 is 0 Å². The number of hydrogen-bond donors (Lipinski definition) is 3. The van der Waals surface area contributed by atoms with Gasteiger partial charge in [-0.2, -0.15) is 0 Å². The lowest BCUT2D eigenvalue weighted by Crippen LogP contribution is -2.59. The van der Waals surface area contributed by atoms with Gasteiger partial charge < -0.3 is 25.1 Å². The second kappa shape index (κ2) is 9.49. The maximum Gasteiger partial charge on any atom is 0.311 e. The fourth-order valence-electron chi connectivity index (χ4n) is 5.48. The molecule has 2 fully saturated rings. The van der Waals surface area contributed by atoms with E-state index in [4.69, 9.17) is 4.42 Å². The Balaban J connectivity index is 1.43. The summed E-state index contributed by atoms with van der Waals surface area (Å²) in [4.78, 5) is 40.1. The normalized spacial score (nSPS) is 27.1. The van der Waals surface area contributed by atoms with Gasteiger partial charge in [-0.25, -0.2) is 0 Å². The number of likely N-dealkylation sites (tertiary alicyclic amines) is 1. The molecule has 2 aliphatic rings. The molecule has 1 aliphatic carbocycles. The molecule has 0 radical (unpaired) electrons. The number of furan rings is 1. The maximum absolute atomic E-state index is 13.3. The van der Waals surface area contributed by atoms with Crippen LogP contribution in [0.3, 0.4) is 0 Å². The van der Waals surface area contributed by atoms with Crippen LogP contribution in [-0.2, 0) is 9.59 Å². The first kappa shape index (κ1) is 25.0. The Morgan fingerprint density at radius 1 is 1.09 bits per heavy atom. The smallest absolute Gasteiger partial charge is 0.311 e. The fraction of sp³-hybridized carbons (Fsp3) is 0.519. The number of amides is 2. The third-order valence-corrected chi connectivity index (χ3v) is 7.13. The van der Waals surface area contributed by atoms with Gasteiger partial charge in [-0.15, -0.1) is 0 Å². The van der Waals surface area contributed by atoms with E-state index in [9.17, 15) is 19.5 Å². The molecule has 188 valence electrons. The summed E-state index contributed by atoms with van der Waals surface area (Å²) in [6, 6.07) is 11.8. The van der Waals surface area contributed by atoms with Crippen LogP contribution in [0.4, 0.5) is 0 Å². The Kier molecular flexibility index (Phi) is 6.77. The molecular weight excluding hydrogens is 446 g/mol. The minimum atomic E-state index is -1.07. The third kappa shape index (κ3) is 5.27. The van der Waals surface area contributed by atoms with Gasteiger partial charge in [0.25, 0.3) is 5.91 Å². The molecule has 8 heteroatoms. The molecule has 4 rings (SSSR count). The molecule has 3 N–H and O–H groups in total. The van der Waals surface area contributed by atoms with Gasteiger partial charge in [-0.05, 0) is 65.5 Å². The number of carboxylic acids is 1. The number of nitrogens with zero attached hydrogens (tertiary/aromatic N) is 1. The Labute approximate surface area is 206 Å². The number of rotatable bonds is 6.